The van der Waals surface area contributed by atoms with Crippen LogP contribution in [0.15, 0.2) is 11.6 Å². The van der Waals surface area contributed by atoms with Crippen LogP contribution in [0.3, 0.4) is 0 Å². The minimum atomic E-state index is -0.847. The Bertz CT molecular complexity index is 941. The van der Waals surface area contributed by atoms with E-state index in [-0.39, 0.29) is 34.0 Å². The van der Waals surface area contributed by atoms with E-state index < -0.39 is 35.1 Å². The van der Waals surface area contributed by atoms with Crippen LogP contribution in [0.2, 0.25) is 0 Å². The number of rotatable bonds is 1. The molecule has 4 saturated carbocycles. The second-order valence-corrected chi connectivity index (χ2v) is 14.8. The second kappa shape index (κ2) is 7.57. The maximum Gasteiger partial charge on any atom is 0.310 e. The number of aliphatic hydroxyl groups is 3. The molecular formula is C30H48O5. The van der Waals surface area contributed by atoms with E-state index in [0.717, 1.165) is 25.7 Å². The third-order valence-corrected chi connectivity index (χ3v) is 13.2. The van der Waals surface area contributed by atoms with E-state index in [1.54, 1.807) is 0 Å². The monoisotopic (exact) mass is 488 g/mol. The minimum absolute atomic E-state index is 0.0400. The summed E-state index contributed by atoms with van der Waals surface area (Å²) < 4.78 is 0. The summed E-state index contributed by atoms with van der Waals surface area (Å²) in [7, 11) is 0. The summed E-state index contributed by atoms with van der Waals surface area (Å²) >= 11 is 0. The summed E-state index contributed by atoms with van der Waals surface area (Å²) in [5.41, 5.74) is -0.625. The van der Waals surface area contributed by atoms with Gasteiger partial charge < -0.3 is 20.4 Å². The average molecular weight is 489 g/mol. The largest absolute Gasteiger partial charge is 0.481 e. The molecule has 4 N–H and O–H groups in total. The third-order valence-electron chi connectivity index (χ3n) is 13.2. The van der Waals surface area contributed by atoms with E-state index in [4.69, 9.17) is 0 Å². The fourth-order valence-electron chi connectivity index (χ4n) is 11.2. The highest BCUT2D eigenvalue weighted by molar-refractivity contribution is 5.76. The molecule has 0 aliphatic heterocycles. The topological polar surface area (TPSA) is 98.0 Å². The van der Waals surface area contributed by atoms with Crippen molar-refractivity contribution in [2.75, 3.05) is 0 Å². The van der Waals surface area contributed by atoms with Crippen LogP contribution in [0.4, 0.5) is 0 Å². The molecule has 198 valence electrons. The van der Waals surface area contributed by atoms with Gasteiger partial charge >= 0.3 is 5.97 Å². The van der Waals surface area contributed by atoms with Crippen molar-refractivity contribution < 1.29 is 25.2 Å². The predicted octanol–water partition coefficient (Wildman–Crippen LogP) is 5.03. The number of hydrogen-bond acceptors (Lipinski definition) is 4. The normalized spacial score (nSPS) is 57.1. The molecule has 0 heterocycles. The molecule has 0 aromatic carbocycles. The highest BCUT2D eigenvalue weighted by Gasteiger charge is 2.72. The summed E-state index contributed by atoms with van der Waals surface area (Å²) in [6, 6.07) is 0. The lowest BCUT2D eigenvalue weighted by molar-refractivity contribution is -0.263. The van der Waals surface area contributed by atoms with Crippen molar-refractivity contribution in [3.63, 3.8) is 0 Å². The highest BCUT2D eigenvalue weighted by Crippen LogP contribution is 2.75. The average Bonchev–Trinajstić information content (AvgIpc) is 2.74. The van der Waals surface area contributed by atoms with E-state index >= 15 is 0 Å². The molecule has 12 unspecified atom stereocenters. The van der Waals surface area contributed by atoms with Gasteiger partial charge in [0.05, 0.1) is 23.7 Å². The van der Waals surface area contributed by atoms with Crippen LogP contribution in [0.5, 0.6) is 0 Å². The number of aliphatic hydroxyl groups excluding tert-OH is 3. The number of hydrogen-bond donors (Lipinski definition) is 4. The van der Waals surface area contributed by atoms with Gasteiger partial charge in [-0.15, -0.1) is 0 Å². The van der Waals surface area contributed by atoms with Gasteiger partial charge in [0.1, 0.15) is 0 Å². The number of carboxylic acid groups (broad SMARTS) is 1. The zero-order valence-corrected chi connectivity index (χ0v) is 22.8. The Morgan fingerprint density at radius 2 is 1.60 bits per heavy atom. The minimum Gasteiger partial charge on any atom is -0.481 e. The molecular weight excluding hydrogens is 440 g/mol. The molecule has 0 saturated heterocycles. The summed E-state index contributed by atoms with van der Waals surface area (Å²) in [6.45, 7) is 15.5. The van der Waals surface area contributed by atoms with E-state index in [1.165, 1.54) is 5.57 Å². The van der Waals surface area contributed by atoms with Crippen LogP contribution in [-0.4, -0.2) is 44.7 Å². The van der Waals surface area contributed by atoms with E-state index in [2.05, 4.69) is 40.7 Å². The number of carbonyl (C=O) groups is 1. The first-order valence-electron chi connectivity index (χ1n) is 14.1. The zero-order chi connectivity index (χ0) is 25.9. The lowest BCUT2D eigenvalue weighted by Crippen LogP contribution is -2.70. The Morgan fingerprint density at radius 1 is 0.943 bits per heavy atom. The van der Waals surface area contributed by atoms with Crippen molar-refractivity contribution in [1.29, 1.82) is 0 Å². The predicted molar refractivity (Wildman–Crippen MR) is 135 cm³/mol. The Labute approximate surface area is 211 Å². The maximum absolute atomic E-state index is 12.8. The summed E-state index contributed by atoms with van der Waals surface area (Å²) in [5, 5.41) is 44.2. The lowest BCUT2D eigenvalue weighted by atomic mass is 9.32. The highest BCUT2D eigenvalue weighted by atomic mass is 16.4. The summed E-state index contributed by atoms with van der Waals surface area (Å²) in [6.07, 6.45) is 5.46. The van der Waals surface area contributed by atoms with Crippen molar-refractivity contribution in [3.8, 4) is 0 Å². The van der Waals surface area contributed by atoms with Crippen LogP contribution >= 0.6 is 0 Å². The number of aliphatic carboxylic acids is 1. The number of carboxylic acids is 1. The Hall–Kier alpha value is -0.910. The van der Waals surface area contributed by atoms with Gasteiger partial charge in [0.25, 0.3) is 0 Å². The van der Waals surface area contributed by atoms with Crippen molar-refractivity contribution in [1.82, 2.24) is 0 Å². The first-order chi connectivity index (χ1) is 16.1. The molecule has 5 aliphatic carbocycles. The van der Waals surface area contributed by atoms with Crippen molar-refractivity contribution in [3.05, 3.63) is 11.6 Å². The Morgan fingerprint density at radius 3 is 2.23 bits per heavy atom. The van der Waals surface area contributed by atoms with Gasteiger partial charge in [-0.1, -0.05) is 60.1 Å². The molecule has 0 amide bonds. The van der Waals surface area contributed by atoms with Crippen LogP contribution in [0.1, 0.15) is 93.4 Å². The second-order valence-electron chi connectivity index (χ2n) is 14.8. The molecule has 0 aromatic heterocycles. The molecule has 0 aromatic rings. The fourth-order valence-corrected chi connectivity index (χ4v) is 11.2. The van der Waals surface area contributed by atoms with Crippen LogP contribution < -0.4 is 0 Å². The van der Waals surface area contributed by atoms with E-state index in [0.29, 0.717) is 31.1 Å². The van der Waals surface area contributed by atoms with Crippen molar-refractivity contribution in [2.24, 2.45) is 56.7 Å². The van der Waals surface area contributed by atoms with Gasteiger partial charge in [0.15, 0.2) is 0 Å². The Balaban J connectivity index is 1.65. The van der Waals surface area contributed by atoms with E-state index in [9.17, 15) is 25.2 Å². The molecule has 35 heavy (non-hydrogen) atoms. The Kier molecular flexibility index (Phi) is 5.56. The molecule has 0 radical (unpaired) electrons. The first kappa shape index (κ1) is 25.7. The number of allylic oxidation sites excluding steroid dienone is 2. The molecule has 0 spiro atoms. The van der Waals surface area contributed by atoms with Gasteiger partial charge in [-0.2, -0.15) is 0 Å². The SMILES string of the molecule is CC1CCC2(C(=O)O)CCC3(C)C(=CCC4C5(C)CC(O)C(O)C(C)(C)C5C(O)CC43C)C2C1C. The molecule has 5 nitrogen and oxygen atoms in total. The van der Waals surface area contributed by atoms with Gasteiger partial charge in [0.2, 0.25) is 0 Å². The fraction of sp³-hybridized carbons (Fsp3) is 0.900. The quantitative estimate of drug-likeness (QED) is 0.388. The van der Waals surface area contributed by atoms with Crippen LogP contribution in [0.25, 0.3) is 0 Å². The first-order valence-corrected chi connectivity index (χ1v) is 14.1. The maximum atomic E-state index is 12.8. The molecule has 5 heteroatoms. The van der Waals surface area contributed by atoms with Crippen molar-refractivity contribution >= 4 is 5.97 Å². The number of fused-ring (bicyclic) bond motifs is 7. The van der Waals surface area contributed by atoms with Crippen LogP contribution in [-0.2, 0) is 4.79 Å². The summed E-state index contributed by atoms with van der Waals surface area (Å²) in [4.78, 5) is 12.8. The van der Waals surface area contributed by atoms with Gasteiger partial charge in [-0.3, -0.25) is 4.79 Å². The third kappa shape index (κ3) is 2.95. The molecule has 5 rings (SSSR count). The summed E-state index contributed by atoms with van der Waals surface area (Å²) in [5.74, 6) is 0.383. The van der Waals surface area contributed by atoms with Gasteiger partial charge in [0, 0.05) is 0 Å². The molecule has 12 atom stereocenters. The van der Waals surface area contributed by atoms with E-state index in [1.807, 2.05) is 13.8 Å². The molecule has 0 bridgehead atoms. The van der Waals surface area contributed by atoms with Crippen molar-refractivity contribution in [2.45, 2.75) is 112 Å². The van der Waals surface area contributed by atoms with Crippen LogP contribution in [0, 0.1) is 56.7 Å². The molecule has 4 fully saturated rings. The lowest BCUT2D eigenvalue weighted by Gasteiger charge is -2.72. The zero-order valence-electron chi connectivity index (χ0n) is 22.8. The smallest absolute Gasteiger partial charge is 0.310 e. The molecule has 5 aliphatic rings. The van der Waals surface area contributed by atoms with Gasteiger partial charge in [-0.05, 0) is 96.2 Å². The standard InChI is InChI=1S/C30H48O5/c1-16-10-11-30(25(34)35)13-12-28(6)18(22(30)17(16)2)8-9-21-27(5)14-20(32)24(33)26(3,4)23(27)19(31)15-29(21,28)7/h8,16-17,19-24,31-33H,9-15H2,1-7H3,(H,34,35). The van der Waals surface area contributed by atoms with Gasteiger partial charge in [-0.25, -0.2) is 0 Å².